The van der Waals surface area contributed by atoms with Crippen LogP contribution in [0.4, 0.5) is 13.2 Å². The molecule has 0 amide bonds. The lowest BCUT2D eigenvalue weighted by molar-refractivity contribution is -0.186. The van der Waals surface area contributed by atoms with E-state index in [1.807, 2.05) is 0 Å². The minimum Gasteiger partial charge on any atom is -0.368 e. The highest BCUT2D eigenvalue weighted by Crippen LogP contribution is 2.28. The summed E-state index contributed by atoms with van der Waals surface area (Å²) < 4.78 is 40.2. The zero-order valence-corrected chi connectivity index (χ0v) is 8.70. The van der Waals surface area contributed by atoms with Crippen LogP contribution in [0.3, 0.4) is 0 Å². The molecular formula is C8H12BrF3O. The molecule has 2 unspecified atom stereocenters. The van der Waals surface area contributed by atoms with Gasteiger partial charge in [-0.3, -0.25) is 0 Å². The summed E-state index contributed by atoms with van der Waals surface area (Å²) in [4.78, 5) is 0.0867. The van der Waals surface area contributed by atoms with Gasteiger partial charge in [-0.15, -0.1) is 0 Å². The summed E-state index contributed by atoms with van der Waals surface area (Å²) in [6.45, 7) is -1.13. The second kappa shape index (κ2) is 4.64. The third-order valence-electron chi connectivity index (χ3n) is 2.08. The van der Waals surface area contributed by atoms with Crippen LogP contribution in [0.5, 0.6) is 0 Å². The van der Waals surface area contributed by atoms with E-state index in [-0.39, 0.29) is 10.9 Å². The second-order valence-electron chi connectivity index (χ2n) is 3.27. The molecule has 0 N–H and O–H groups in total. The van der Waals surface area contributed by atoms with Crippen LogP contribution in [0.2, 0.25) is 0 Å². The second-order valence-corrected chi connectivity index (χ2v) is 4.44. The van der Waals surface area contributed by atoms with Gasteiger partial charge in [-0.2, -0.15) is 13.2 Å². The standard InChI is InChI=1S/C8H12BrF3O/c9-6-3-1-2-4-7(6)13-5-8(10,11)12/h6-7H,1-5H2. The average Bonchev–Trinajstić information content (AvgIpc) is 2.01. The summed E-state index contributed by atoms with van der Waals surface area (Å²) in [7, 11) is 0. The van der Waals surface area contributed by atoms with Crippen molar-refractivity contribution in [2.45, 2.75) is 42.8 Å². The molecule has 1 aliphatic rings. The quantitative estimate of drug-likeness (QED) is 0.693. The fourth-order valence-electron chi connectivity index (χ4n) is 1.44. The highest BCUT2D eigenvalue weighted by atomic mass is 79.9. The Morgan fingerprint density at radius 2 is 1.85 bits per heavy atom. The molecular weight excluding hydrogens is 249 g/mol. The van der Waals surface area contributed by atoms with Crippen LogP contribution in [0, 0.1) is 0 Å². The average molecular weight is 261 g/mol. The number of hydrogen-bond donors (Lipinski definition) is 0. The minimum absolute atomic E-state index is 0.0867. The molecule has 0 bridgehead atoms. The first kappa shape index (κ1) is 11.3. The lowest BCUT2D eigenvalue weighted by Crippen LogP contribution is -2.31. The molecule has 0 aromatic rings. The SMILES string of the molecule is FC(F)(F)COC1CCCCC1Br. The summed E-state index contributed by atoms with van der Waals surface area (Å²) in [5, 5.41) is 0. The van der Waals surface area contributed by atoms with Crippen molar-refractivity contribution in [3.05, 3.63) is 0 Å². The maximum Gasteiger partial charge on any atom is 0.411 e. The van der Waals surface area contributed by atoms with Gasteiger partial charge in [0.1, 0.15) is 6.61 Å². The van der Waals surface area contributed by atoms with Gasteiger partial charge in [-0.25, -0.2) is 0 Å². The highest BCUT2D eigenvalue weighted by molar-refractivity contribution is 9.09. The number of ether oxygens (including phenoxy) is 1. The molecule has 5 heteroatoms. The number of hydrogen-bond acceptors (Lipinski definition) is 1. The van der Waals surface area contributed by atoms with Gasteiger partial charge in [0.25, 0.3) is 0 Å². The molecule has 0 radical (unpaired) electrons. The van der Waals surface area contributed by atoms with E-state index >= 15 is 0 Å². The fourth-order valence-corrected chi connectivity index (χ4v) is 2.18. The number of alkyl halides is 4. The molecule has 78 valence electrons. The highest BCUT2D eigenvalue weighted by Gasteiger charge is 2.31. The molecule has 0 heterocycles. The third kappa shape index (κ3) is 4.31. The molecule has 0 saturated heterocycles. The first-order chi connectivity index (χ1) is 5.99. The van der Waals surface area contributed by atoms with Gasteiger partial charge in [0.05, 0.1) is 6.10 Å². The van der Waals surface area contributed by atoms with Crippen LogP contribution >= 0.6 is 15.9 Å². The molecule has 0 spiro atoms. The zero-order chi connectivity index (χ0) is 9.90. The molecule has 1 nitrogen and oxygen atoms in total. The Bertz CT molecular complexity index is 160. The molecule has 0 aromatic heterocycles. The van der Waals surface area contributed by atoms with E-state index in [2.05, 4.69) is 15.9 Å². The normalized spacial score (nSPS) is 30.5. The van der Waals surface area contributed by atoms with Crippen LogP contribution in [0.25, 0.3) is 0 Å². The maximum atomic E-state index is 11.8. The van der Waals surface area contributed by atoms with Crippen LogP contribution in [0.15, 0.2) is 0 Å². The summed E-state index contributed by atoms with van der Waals surface area (Å²) >= 11 is 3.33. The number of halogens is 4. The van der Waals surface area contributed by atoms with Gasteiger partial charge in [0.15, 0.2) is 0 Å². The predicted octanol–water partition coefficient (Wildman–Crippen LogP) is 3.27. The minimum atomic E-state index is -4.20. The molecule has 0 aromatic carbocycles. The van der Waals surface area contributed by atoms with E-state index in [1.165, 1.54) is 0 Å². The largest absolute Gasteiger partial charge is 0.411 e. The van der Waals surface area contributed by atoms with E-state index in [0.717, 1.165) is 25.7 Å². The van der Waals surface area contributed by atoms with E-state index < -0.39 is 12.8 Å². The molecule has 1 rings (SSSR count). The van der Waals surface area contributed by atoms with Crippen molar-refractivity contribution in [2.24, 2.45) is 0 Å². The van der Waals surface area contributed by atoms with Crippen molar-refractivity contribution in [1.29, 1.82) is 0 Å². The van der Waals surface area contributed by atoms with Gasteiger partial charge in [-0.1, -0.05) is 28.8 Å². The first-order valence-electron chi connectivity index (χ1n) is 4.31. The van der Waals surface area contributed by atoms with Crippen LogP contribution in [-0.4, -0.2) is 23.7 Å². The third-order valence-corrected chi connectivity index (χ3v) is 3.13. The molecule has 2 atom stereocenters. The van der Waals surface area contributed by atoms with Crippen LogP contribution < -0.4 is 0 Å². The summed E-state index contributed by atoms with van der Waals surface area (Å²) in [5.74, 6) is 0. The Balaban J connectivity index is 2.27. The monoisotopic (exact) mass is 260 g/mol. The summed E-state index contributed by atoms with van der Waals surface area (Å²) in [6, 6.07) is 0. The Morgan fingerprint density at radius 1 is 1.23 bits per heavy atom. The van der Waals surface area contributed by atoms with Crippen molar-refractivity contribution < 1.29 is 17.9 Å². The lowest BCUT2D eigenvalue weighted by atomic mass is 9.98. The summed E-state index contributed by atoms with van der Waals surface area (Å²) in [5.41, 5.74) is 0. The van der Waals surface area contributed by atoms with Gasteiger partial charge >= 0.3 is 6.18 Å². The first-order valence-corrected chi connectivity index (χ1v) is 5.23. The van der Waals surface area contributed by atoms with Gasteiger partial charge < -0.3 is 4.74 Å². The van der Waals surface area contributed by atoms with E-state index in [0.29, 0.717) is 0 Å². The Hall–Kier alpha value is 0.230. The van der Waals surface area contributed by atoms with Crippen molar-refractivity contribution in [1.82, 2.24) is 0 Å². The molecule has 1 aliphatic carbocycles. The van der Waals surface area contributed by atoms with Gasteiger partial charge in [-0.05, 0) is 12.8 Å². The number of rotatable bonds is 2. The predicted molar refractivity (Wildman–Crippen MR) is 47.0 cm³/mol. The molecule has 0 aliphatic heterocycles. The van der Waals surface area contributed by atoms with Crippen LogP contribution in [-0.2, 0) is 4.74 Å². The fraction of sp³-hybridized carbons (Fsp3) is 1.00. The maximum absolute atomic E-state index is 11.8. The Labute approximate surface area is 83.8 Å². The van der Waals surface area contributed by atoms with Crippen molar-refractivity contribution >= 4 is 15.9 Å². The lowest BCUT2D eigenvalue weighted by Gasteiger charge is -2.27. The van der Waals surface area contributed by atoms with Gasteiger partial charge in [0, 0.05) is 4.83 Å². The van der Waals surface area contributed by atoms with Gasteiger partial charge in [0.2, 0.25) is 0 Å². The summed E-state index contributed by atoms with van der Waals surface area (Å²) in [6.07, 6.45) is -0.805. The van der Waals surface area contributed by atoms with Crippen molar-refractivity contribution in [3.8, 4) is 0 Å². The van der Waals surface area contributed by atoms with E-state index in [4.69, 9.17) is 4.74 Å². The Morgan fingerprint density at radius 3 is 2.38 bits per heavy atom. The molecule has 1 fully saturated rings. The molecule has 1 saturated carbocycles. The topological polar surface area (TPSA) is 9.23 Å². The van der Waals surface area contributed by atoms with Crippen molar-refractivity contribution in [2.75, 3.05) is 6.61 Å². The van der Waals surface area contributed by atoms with Crippen LogP contribution in [0.1, 0.15) is 25.7 Å². The smallest absolute Gasteiger partial charge is 0.368 e. The molecule has 13 heavy (non-hydrogen) atoms. The zero-order valence-electron chi connectivity index (χ0n) is 7.11. The van der Waals surface area contributed by atoms with E-state index in [9.17, 15) is 13.2 Å². The van der Waals surface area contributed by atoms with Crippen molar-refractivity contribution in [3.63, 3.8) is 0 Å². The van der Waals surface area contributed by atoms with E-state index in [1.54, 1.807) is 0 Å². The Kier molecular flexibility index (Phi) is 4.04.